The molecule has 3 aromatic carbocycles. The molecular weight excluding hydrogens is 268 g/mol. The van der Waals surface area contributed by atoms with Gasteiger partial charge in [-0.05, 0) is 41.1 Å². The number of hydrogen-bond acceptors (Lipinski definition) is 3. The lowest BCUT2D eigenvalue weighted by molar-refractivity contribution is 0.0698. The SMILES string of the molecule is O=C(O)c1ccccc1-c1c(O)ccc2cc(O)ccc12. The molecule has 0 fully saturated rings. The first kappa shape index (κ1) is 13.0. The number of aromatic hydroxyl groups is 2. The number of rotatable bonds is 2. The lowest BCUT2D eigenvalue weighted by Gasteiger charge is -2.12. The van der Waals surface area contributed by atoms with Crippen LogP contribution in [0.5, 0.6) is 11.5 Å². The van der Waals surface area contributed by atoms with E-state index < -0.39 is 5.97 Å². The summed E-state index contributed by atoms with van der Waals surface area (Å²) >= 11 is 0. The minimum absolute atomic E-state index is 0.00175. The van der Waals surface area contributed by atoms with Crippen LogP contribution < -0.4 is 0 Å². The molecule has 0 saturated heterocycles. The van der Waals surface area contributed by atoms with Crippen LogP contribution in [0.2, 0.25) is 0 Å². The maximum Gasteiger partial charge on any atom is 0.336 e. The maximum atomic E-state index is 11.4. The molecule has 0 heterocycles. The minimum Gasteiger partial charge on any atom is -0.508 e. The van der Waals surface area contributed by atoms with Gasteiger partial charge in [-0.2, -0.15) is 0 Å². The van der Waals surface area contributed by atoms with Gasteiger partial charge >= 0.3 is 5.97 Å². The number of carboxylic acids is 1. The summed E-state index contributed by atoms with van der Waals surface area (Å²) in [5.74, 6) is -0.937. The molecule has 21 heavy (non-hydrogen) atoms. The van der Waals surface area contributed by atoms with E-state index in [1.54, 1.807) is 36.4 Å². The Labute approximate surface area is 120 Å². The quantitative estimate of drug-likeness (QED) is 0.670. The normalized spacial score (nSPS) is 10.7. The summed E-state index contributed by atoms with van der Waals surface area (Å²) in [6, 6.07) is 14.4. The van der Waals surface area contributed by atoms with Crippen LogP contribution in [0.3, 0.4) is 0 Å². The highest BCUT2D eigenvalue weighted by Gasteiger charge is 2.16. The second-order valence-corrected chi connectivity index (χ2v) is 4.72. The zero-order valence-electron chi connectivity index (χ0n) is 10.9. The third kappa shape index (κ3) is 2.17. The Balaban J connectivity index is 2.40. The third-order valence-corrected chi connectivity index (χ3v) is 3.41. The molecule has 0 saturated carbocycles. The molecule has 4 nitrogen and oxygen atoms in total. The van der Waals surface area contributed by atoms with Crippen molar-refractivity contribution in [2.24, 2.45) is 0 Å². The van der Waals surface area contributed by atoms with Crippen LogP contribution >= 0.6 is 0 Å². The van der Waals surface area contributed by atoms with Crippen LogP contribution in [0.15, 0.2) is 54.6 Å². The number of phenols is 2. The minimum atomic E-state index is -1.05. The van der Waals surface area contributed by atoms with Crippen LogP contribution in [0.4, 0.5) is 0 Å². The Morgan fingerprint density at radius 1 is 0.905 bits per heavy atom. The van der Waals surface area contributed by atoms with Crippen molar-refractivity contribution in [1.29, 1.82) is 0 Å². The van der Waals surface area contributed by atoms with Crippen LogP contribution in [0.25, 0.3) is 21.9 Å². The van der Waals surface area contributed by atoms with E-state index in [0.717, 1.165) is 5.39 Å². The number of aromatic carboxylic acids is 1. The number of fused-ring (bicyclic) bond motifs is 1. The van der Waals surface area contributed by atoms with Gasteiger partial charge in [0.05, 0.1) is 5.56 Å². The summed E-state index contributed by atoms with van der Waals surface area (Å²) in [5.41, 5.74) is 1.01. The zero-order valence-corrected chi connectivity index (χ0v) is 10.9. The molecule has 0 atom stereocenters. The maximum absolute atomic E-state index is 11.4. The van der Waals surface area contributed by atoms with Crippen molar-refractivity contribution in [3.05, 3.63) is 60.2 Å². The van der Waals surface area contributed by atoms with E-state index in [1.807, 2.05) is 0 Å². The number of carboxylic acid groups (broad SMARTS) is 1. The number of hydrogen-bond donors (Lipinski definition) is 3. The van der Waals surface area contributed by atoms with Crippen molar-refractivity contribution in [1.82, 2.24) is 0 Å². The highest BCUT2D eigenvalue weighted by Crippen LogP contribution is 2.38. The third-order valence-electron chi connectivity index (χ3n) is 3.41. The van der Waals surface area contributed by atoms with Gasteiger partial charge in [0.25, 0.3) is 0 Å². The van der Waals surface area contributed by atoms with Crippen molar-refractivity contribution >= 4 is 16.7 Å². The molecule has 0 aliphatic carbocycles. The molecule has 3 aromatic rings. The van der Waals surface area contributed by atoms with Gasteiger partial charge in [-0.3, -0.25) is 0 Å². The van der Waals surface area contributed by atoms with E-state index in [1.165, 1.54) is 18.2 Å². The van der Waals surface area contributed by atoms with Gasteiger partial charge in [0, 0.05) is 11.1 Å². The average Bonchev–Trinajstić information content (AvgIpc) is 2.47. The summed E-state index contributed by atoms with van der Waals surface area (Å²) in [5, 5.41) is 30.4. The second-order valence-electron chi connectivity index (χ2n) is 4.72. The van der Waals surface area contributed by atoms with E-state index in [2.05, 4.69) is 0 Å². The Morgan fingerprint density at radius 2 is 1.67 bits per heavy atom. The fourth-order valence-corrected chi connectivity index (χ4v) is 2.48. The van der Waals surface area contributed by atoms with Crippen LogP contribution in [0, 0.1) is 0 Å². The predicted molar refractivity (Wildman–Crippen MR) is 79.7 cm³/mol. The van der Waals surface area contributed by atoms with Gasteiger partial charge in [0.2, 0.25) is 0 Å². The predicted octanol–water partition coefficient (Wildman–Crippen LogP) is 3.62. The molecular formula is C17H12O4. The fraction of sp³-hybridized carbons (Fsp3) is 0. The molecule has 0 radical (unpaired) electrons. The van der Waals surface area contributed by atoms with Gasteiger partial charge < -0.3 is 15.3 Å². The van der Waals surface area contributed by atoms with Gasteiger partial charge in [-0.15, -0.1) is 0 Å². The standard InChI is InChI=1S/C17H12O4/c18-11-6-7-12-10(9-11)5-8-15(19)16(12)13-3-1-2-4-14(13)17(20)21/h1-9,18-19H,(H,20,21). The van der Waals surface area contributed by atoms with Crippen molar-refractivity contribution in [2.45, 2.75) is 0 Å². The summed E-state index contributed by atoms with van der Waals surface area (Å²) in [4.78, 5) is 11.4. The largest absolute Gasteiger partial charge is 0.508 e. The highest BCUT2D eigenvalue weighted by atomic mass is 16.4. The molecule has 0 aliphatic rings. The van der Waals surface area contributed by atoms with Crippen molar-refractivity contribution < 1.29 is 20.1 Å². The second kappa shape index (κ2) is 4.83. The average molecular weight is 280 g/mol. The van der Waals surface area contributed by atoms with E-state index in [0.29, 0.717) is 16.5 Å². The smallest absolute Gasteiger partial charge is 0.336 e. The Bertz CT molecular complexity index is 853. The molecule has 4 heteroatoms. The first-order valence-corrected chi connectivity index (χ1v) is 6.35. The lowest BCUT2D eigenvalue weighted by atomic mass is 9.93. The first-order chi connectivity index (χ1) is 10.1. The molecule has 0 amide bonds. The molecule has 0 spiro atoms. The van der Waals surface area contributed by atoms with Crippen molar-refractivity contribution in [2.75, 3.05) is 0 Å². The van der Waals surface area contributed by atoms with Gasteiger partial charge in [-0.1, -0.05) is 24.3 Å². The molecule has 3 rings (SSSR count). The van der Waals surface area contributed by atoms with Gasteiger partial charge in [0.1, 0.15) is 11.5 Å². The lowest BCUT2D eigenvalue weighted by Crippen LogP contribution is -1.99. The van der Waals surface area contributed by atoms with Crippen LogP contribution in [-0.4, -0.2) is 21.3 Å². The van der Waals surface area contributed by atoms with E-state index in [-0.39, 0.29) is 17.1 Å². The Kier molecular flexibility index (Phi) is 2.99. The first-order valence-electron chi connectivity index (χ1n) is 6.35. The van der Waals surface area contributed by atoms with Crippen LogP contribution in [-0.2, 0) is 0 Å². The molecule has 0 aliphatic heterocycles. The number of phenolic OH excluding ortho intramolecular Hbond substituents is 2. The highest BCUT2D eigenvalue weighted by molar-refractivity contribution is 6.05. The summed E-state index contributed by atoms with van der Waals surface area (Å²) in [6.45, 7) is 0. The molecule has 0 bridgehead atoms. The monoisotopic (exact) mass is 280 g/mol. The topological polar surface area (TPSA) is 77.8 Å². The van der Waals surface area contributed by atoms with E-state index in [4.69, 9.17) is 0 Å². The van der Waals surface area contributed by atoms with Crippen molar-refractivity contribution in [3.63, 3.8) is 0 Å². The van der Waals surface area contributed by atoms with Crippen LogP contribution in [0.1, 0.15) is 10.4 Å². The van der Waals surface area contributed by atoms with Crippen molar-refractivity contribution in [3.8, 4) is 22.6 Å². The molecule has 104 valence electrons. The molecule has 0 aromatic heterocycles. The van der Waals surface area contributed by atoms with Gasteiger partial charge in [-0.25, -0.2) is 4.79 Å². The zero-order chi connectivity index (χ0) is 15.0. The molecule has 3 N–H and O–H groups in total. The number of carbonyl (C=O) groups is 1. The summed E-state index contributed by atoms with van der Waals surface area (Å²) in [6.07, 6.45) is 0. The Morgan fingerprint density at radius 3 is 2.43 bits per heavy atom. The van der Waals surface area contributed by atoms with Gasteiger partial charge in [0.15, 0.2) is 0 Å². The molecule has 0 unspecified atom stereocenters. The number of benzene rings is 3. The fourth-order valence-electron chi connectivity index (χ4n) is 2.48. The Hall–Kier alpha value is -3.01. The summed E-state index contributed by atoms with van der Waals surface area (Å²) < 4.78 is 0. The van der Waals surface area contributed by atoms with E-state index in [9.17, 15) is 20.1 Å². The summed E-state index contributed by atoms with van der Waals surface area (Å²) in [7, 11) is 0. The van der Waals surface area contributed by atoms with E-state index >= 15 is 0 Å².